The summed E-state index contributed by atoms with van der Waals surface area (Å²) in [7, 11) is 2.81. The Hall–Kier alpha value is -2.15. The summed E-state index contributed by atoms with van der Waals surface area (Å²) < 4.78 is 15.3. The van der Waals surface area contributed by atoms with E-state index in [1.165, 1.54) is 26.4 Å². The molecule has 1 aromatic rings. The fraction of sp³-hybridized carbons (Fsp3) is 0.467. The standard InChI is InChI=1S/C15H20ClNO6/c1-15(2,3)23-14(20)17-11(13(18)19)8-6-9(16)12(22-5)10(7-8)21-4/h6-7,11H,1-5H3,(H,17,20)(H,18,19). The molecule has 0 aliphatic heterocycles. The van der Waals surface area contributed by atoms with Crippen molar-refractivity contribution in [1.29, 1.82) is 0 Å². The maximum absolute atomic E-state index is 11.8. The smallest absolute Gasteiger partial charge is 0.408 e. The SMILES string of the molecule is COc1cc(C(NC(=O)OC(C)(C)C)C(=O)O)cc(Cl)c1OC. The van der Waals surface area contributed by atoms with Crippen molar-refractivity contribution < 1.29 is 28.9 Å². The summed E-state index contributed by atoms with van der Waals surface area (Å²) in [5, 5.41) is 11.8. The fourth-order valence-corrected chi connectivity index (χ4v) is 2.11. The number of carboxylic acid groups (broad SMARTS) is 1. The van der Waals surface area contributed by atoms with Gasteiger partial charge in [0.1, 0.15) is 5.60 Å². The average Bonchev–Trinajstić information content (AvgIpc) is 2.41. The first-order chi connectivity index (χ1) is 10.6. The molecule has 1 unspecified atom stereocenters. The number of amides is 1. The monoisotopic (exact) mass is 345 g/mol. The van der Waals surface area contributed by atoms with E-state index in [2.05, 4.69) is 5.32 Å². The zero-order valence-corrected chi connectivity index (χ0v) is 14.4. The van der Waals surface area contributed by atoms with Crippen molar-refractivity contribution in [1.82, 2.24) is 5.32 Å². The maximum atomic E-state index is 11.8. The van der Waals surface area contributed by atoms with Gasteiger partial charge in [0.2, 0.25) is 0 Å². The third-order valence-corrected chi connectivity index (χ3v) is 2.98. The number of benzene rings is 1. The van der Waals surface area contributed by atoms with E-state index in [9.17, 15) is 14.7 Å². The molecule has 7 nitrogen and oxygen atoms in total. The van der Waals surface area contributed by atoms with Crippen molar-refractivity contribution in [2.45, 2.75) is 32.4 Å². The molecule has 0 saturated heterocycles. The topological polar surface area (TPSA) is 94.1 Å². The van der Waals surface area contributed by atoms with E-state index >= 15 is 0 Å². The van der Waals surface area contributed by atoms with Gasteiger partial charge in [0.25, 0.3) is 0 Å². The molecule has 0 aromatic heterocycles. The Morgan fingerprint density at radius 3 is 2.26 bits per heavy atom. The number of carbonyl (C=O) groups is 2. The van der Waals surface area contributed by atoms with E-state index in [4.69, 9.17) is 25.8 Å². The lowest BCUT2D eigenvalue weighted by Crippen LogP contribution is -2.38. The molecule has 0 saturated carbocycles. The minimum Gasteiger partial charge on any atom is -0.493 e. The number of alkyl carbamates (subject to hydrolysis) is 1. The highest BCUT2D eigenvalue weighted by atomic mass is 35.5. The van der Waals surface area contributed by atoms with Gasteiger partial charge in [-0.15, -0.1) is 0 Å². The molecule has 0 fully saturated rings. The first kappa shape index (κ1) is 18.9. The van der Waals surface area contributed by atoms with Crippen molar-refractivity contribution in [3.05, 3.63) is 22.7 Å². The summed E-state index contributed by atoms with van der Waals surface area (Å²) in [6, 6.07) is 1.47. The molecule has 128 valence electrons. The van der Waals surface area contributed by atoms with Gasteiger partial charge in [0, 0.05) is 0 Å². The van der Waals surface area contributed by atoms with Crippen molar-refractivity contribution >= 4 is 23.7 Å². The number of hydrogen-bond acceptors (Lipinski definition) is 5. The molecule has 1 amide bonds. The molecule has 0 aliphatic rings. The molecular weight excluding hydrogens is 326 g/mol. The van der Waals surface area contributed by atoms with Gasteiger partial charge in [-0.1, -0.05) is 11.6 Å². The Morgan fingerprint density at radius 2 is 1.83 bits per heavy atom. The highest BCUT2D eigenvalue weighted by Gasteiger charge is 2.27. The Morgan fingerprint density at radius 1 is 1.22 bits per heavy atom. The highest BCUT2D eigenvalue weighted by molar-refractivity contribution is 6.32. The van der Waals surface area contributed by atoms with Gasteiger partial charge in [-0.25, -0.2) is 9.59 Å². The van der Waals surface area contributed by atoms with Crippen LogP contribution in [0.5, 0.6) is 11.5 Å². The van der Waals surface area contributed by atoms with Gasteiger partial charge in [-0.05, 0) is 38.5 Å². The summed E-state index contributed by atoms with van der Waals surface area (Å²) in [4.78, 5) is 23.3. The minimum atomic E-state index is -1.35. The lowest BCUT2D eigenvalue weighted by molar-refractivity contribution is -0.139. The van der Waals surface area contributed by atoms with Crippen molar-refractivity contribution in [3.63, 3.8) is 0 Å². The molecule has 2 N–H and O–H groups in total. The summed E-state index contributed by atoms with van der Waals surface area (Å²) in [5.74, 6) is -0.731. The molecule has 0 radical (unpaired) electrons. The van der Waals surface area contributed by atoms with Gasteiger partial charge >= 0.3 is 12.1 Å². The summed E-state index contributed by atoms with van der Waals surface area (Å²) in [6.45, 7) is 5.03. The van der Waals surface area contributed by atoms with Crippen LogP contribution >= 0.6 is 11.6 Å². The van der Waals surface area contributed by atoms with Crippen molar-refractivity contribution in [3.8, 4) is 11.5 Å². The maximum Gasteiger partial charge on any atom is 0.408 e. The van der Waals surface area contributed by atoms with Crippen LogP contribution in [0.2, 0.25) is 5.02 Å². The van der Waals surface area contributed by atoms with Gasteiger partial charge in [-0.2, -0.15) is 0 Å². The third kappa shape index (κ3) is 5.21. The average molecular weight is 346 g/mol. The molecule has 0 aliphatic carbocycles. The van der Waals surface area contributed by atoms with Crippen molar-refractivity contribution in [2.75, 3.05) is 14.2 Å². The quantitative estimate of drug-likeness (QED) is 0.852. The molecule has 0 heterocycles. The molecule has 23 heavy (non-hydrogen) atoms. The zero-order valence-electron chi connectivity index (χ0n) is 13.6. The number of hydrogen-bond donors (Lipinski definition) is 2. The molecular formula is C15H20ClNO6. The molecule has 0 bridgehead atoms. The van der Waals surface area contributed by atoms with Crippen LogP contribution in [-0.4, -0.2) is 37.0 Å². The van der Waals surface area contributed by atoms with Crippen LogP contribution in [0.1, 0.15) is 32.4 Å². The van der Waals surface area contributed by atoms with Gasteiger partial charge < -0.3 is 24.6 Å². The van der Waals surface area contributed by atoms with Crippen LogP contribution in [0.4, 0.5) is 4.79 Å². The number of ether oxygens (including phenoxy) is 3. The first-order valence-corrected chi connectivity index (χ1v) is 7.10. The largest absolute Gasteiger partial charge is 0.493 e. The Bertz CT molecular complexity index is 596. The molecule has 1 aromatic carbocycles. The van der Waals surface area contributed by atoms with Crippen LogP contribution in [0, 0.1) is 0 Å². The Balaban J connectivity index is 3.14. The van der Waals surface area contributed by atoms with E-state index in [-0.39, 0.29) is 22.1 Å². The molecule has 8 heteroatoms. The second-order valence-corrected chi connectivity index (χ2v) is 6.06. The van der Waals surface area contributed by atoms with E-state index in [0.29, 0.717) is 0 Å². The number of rotatable bonds is 5. The van der Waals surface area contributed by atoms with Crippen molar-refractivity contribution in [2.24, 2.45) is 0 Å². The fourth-order valence-electron chi connectivity index (χ4n) is 1.82. The predicted molar refractivity (Wildman–Crippen MR) is 84.3 cm³/mol. The van der Waals surface area contributed by atoms with E-state index < -0.39 is 23.7 Å². The normalized spacial score (nSPS) is 12.3. The van der Waals surface area contributed by atoms with Crippen LogP contribution in [-0.2, 0) is 9.53 Å². The van der Waals surface area contributed by atoms with Gasteiger partial charge in [-0.3, -0.25) is 0 Å². The lowest BCUT2D eigenvalue weighted by Gasteiger charge is -2.22. The minimum absolute atomic E-state index is 0.166. The Labute approximate surface area is 139 Å². The summed E-state index contributed by atoms with van der Waals surface area (Å²) in [5.41, 5.74) is -0.520. The number of nitrogens with one attached hydrogen (secondary N) is 1. The van der Waals surface area contributed by atoms with Crippen LogP contribution in [0.15, 0.2) is 12.1 Å². The number of aliphatic carboxylic acids is 1. The number of carbonyl (C=O) groups excluding carboxylic acids is 1. The molecule has 1 rings (SSSR count). The summed E-state index contributed by atoms with van der Waals surface area (Å²) in [6.07, 6.45) is -0.851. The van der Waals surface area contributed by atoms with E-state index in [1.54, 1.807) is 20.8 Å². The predicted octanol–water partition coefficient (Wildman–Crippen LogP) is 3.01. The van der Waals surface area contributed by atoms with Gasteiger partial charge in [0.05, 0.1) is 19.2 Å². The third-order valence-electron chi connectivity index (χ3n) is 2.70. The Kier molecular flexibility index (Phi) is 6.09. The zero-order chi connectivity index (χ0) is 17.8. The second kappa shape index (κ2) is 7.41. The number of methoxy groups -OCH3 is 2. The molecule has 1 atom stereocenters. The van der Waals surface area contributed by atoms with E-state index in [1.807, 2.05) is 0 Å². The summed E-state index contributed by atoms with van der Waals surface area (Å²) >= 11 is 6.06. The number of carboxylic acids is 1. The van der Waals surface area contributed by atoms with Crippen LogP contribution in [0.25, 0.3) is 0 Å². The second-order valence-electron chi connectivity index (χ2n) is 5.66. The first-order valence-electron chi connectivity index (χ1n) is 6.72. The van der Waals surface area contributed by atoms with Gasteiger partial charge in [0.15, 0.2) is 17.5 Å². The van der Waals surface area contributed by atoms with Crippen LogP contribution in [0.3, 0.4) is 0 Å². The molecule has 0 spiro atoms. The highest BCUT2D eigenvalue weighted by Crippen LogP contribution is 2.37. The van der Waals surface area contributed by atoms with Crippen LogP contribution < -0.4 is 14.8 Å². The number of halogens is 1. The van der Waals surface area contributed by atoms with E-state index in [0.717, 1.165) is 0 Å². The lowest BCUT2D eigenvalue weighted by atomic mass is 10.1.